The van der Waals surface area contributed by atoms with Crippen LogP contribution in [0.3, 0.4) is 0 Å². The van der Waals surface area contributed by atoms with E-state index in [1.165, 1.54) is 34.3 Å². The number of furan rings is 1. The Hall–Kier alpha value is -2.75. The second kappa shape index (κ2) is 8.65. The summed E-state index contributed by atoms with van der Waals surface area (Å²) in [4.78, 5) is 0. The minimum Gasteiger partial charge on any atom is -0.447 e. The van der Waals surface area contributed by atoms with Crippen molar-refractivity contribution in [1.29, 1.82) is 0 Å². The highest BCUT2D eigenvalue weighted by Gasteiger charge is 2.30. The minimum atomic E-state index is -3.57. The highest BCUT2D eigenvalue weighted by atomic mass is 32.2. The Labute approximate surface area is 189 Å². The van der Waals surface area contributed by atoms with Crippen molar-refractivity contribution in [2.45, 2.75) is 28.7 Å². The third kappa shape index (κ3) is 4.03. The Morgan fingerprint density at radius 2 is 1.66 bits per heavy atom. The van der Waals surface area contributed by atoms with Gasteiger partial charge < -0.3 is 4.42 Å². The monoisotopic (exact) mass is 469 g/mol. The molecule has 1 aliphatic rings. The zero-order valence-corrected chi connectivity index (χ0v) is 18.7. The third-order valence-corrected chi connectivity index (χ3v) is 8.20. The Morgan fingerprint density at radius 3 is 2.41 bits per heavy atom. The summed E-state index contributed by atoms with van der Waals surface area (Å²) in [7, 11) is -3.57. The molecule has 0 atom stereocenters. The number of thioether (sulfide) groups is 1. The van der Waals surface area contributed by atoms with Gasteiger partial charge in [0.2, 0.25) is 5.09 Å². The number of benzene rings is 2. The number of aromatic nitrogens is 2. The van der Waals surface area contributed by atoms with Crippen molar-refractivity contribution < 1.29 is 17.2 Å². The van der Waals surface area contributed by atoms with Gasteiger partial charge in [-0.05, 0) is 49.2 Å². The molecule has 0 saturated carbocycles. The molecule has 6 nitrogen and oxygen atoms in total. The largest absolute Gasteiger partial charge is 0.447 e. The molecule has 2 aromatic carbocycles. The quantitative estimate of drug-likeness (QED) is 0.366. The van der Waals surface area contributed by atoms with Gasteiger partial charge in [0.1, 0.15) is 22.3 Å². The first-order chi connectivity index (χ1) is 15.5. The molecule has 0 bridgehead atoms. The van der Waals surface area contributed by atoms with Gasteiger partial charge in [-0.15, -0.1) is 10.2 Å². The molecule has 1 fully saturated rings. The molecule has 4 aromatic rings. The van der Waals surface area contributed by atoms with Gasteiger partial charge in [-0.25, -0.2) is 12.8 Å². The molecule has 9 heteroatoms. The second-order valence-corrected chi connectivity index (χ2v) is 10.4. The number of fused-ring (bicyclic) bond motifs is 1. The van der Waals surface area contributed by atoms with Crippen molar-refractivity contribution in [3.63, 3.8) is 0 Å². The Balaban J connectivity index is 1.39. The van der Waals surface area contributed by atoms with E-state index in [2.05, 4.69) is 10.2 Å². The molecule has 3 heterocycles. The highest BCUT2D eigenvalue weighted by molar-refractivity contribution is 7.98. The standard InChI is InChI=1S/C23H20FN3O3S2/c24-17-9-7-16(8-10-17)22-19-5-1-2-6-20(19)23(26-25-22)31-15-18-11-12-21(30-18)32(28,29)27-13-3-4-14-27/h1-2,5-12H,3-4,13-15H2. The van der Waals surface area contributed by atoms with Crippen molar-refractivity contribution in [3.8, 4) is 11.3 Å². The van der Waals surface area contributed by atoms with Crippen LogP contribution in [0.2, 0.25) is 0 Å². The SMILES string of the molecule is O=S(=O)(c1ccc(CSc2nnc(-c3ccc(F)cc3)c3ccccc23)o1)N1CCCC1. The van der Waals surface area contributed by atoms with Gasteiger partial charge in [-0.1, -0.05) is 36.0 Å². The summed E-state index contributed by atoms with van der Waals surface area (Å²) in [5.74, 6) is 0.674. The third-order valence-electron chi connectivity index (χ3n) is 5.42. The number of hydrogen-bond acceptors (Lipinski definition) is 6. The lowest BCUT2D eigenvalue weighted by atomic mass is 10.1. The molecular weight excluding hydrogens is 449 g/mol. The van der Waals surface area contributed by atoms with Gasteiger partial charge in [-0.2, -0.15) is 4.31 Å². The minimum absolute atomic E-state index is 0.0161. The summed E-state index contributed by atoms with van der Waals surface area (Å²) >= 11 is 1.43. The van der Waals surface area contributed by atoms with E-state index in [0.29, 0.717) is 35.3 Å². The summed E-state index contributed by atoms with van der Waals surface area (Å²) in [6.45, 7) is 1.07. The smallest absolute Gasteiger partial charge is 0.276 e. The van der Waals surface area contributed by atoms with Crippen molar-refractivity contribution in [3.05, 3.63) is 72.2 Å². The number of rotatable bonds is 6. The summed E-state index contributed by atoms with van der Waals surface area (Å²) in [5, 5.41) is 11.3. The highest BCUT2D eigenvalue weighted by Crippen LogP contribution is 2.34. The number of halogens is 1. The predicted molar refractivity (Wildman–Crippen MR) is 121 cm³/mol. The van der Waals surface area contributed by atoms with E-state index >= 15 is 0 Å². The van der Waals surface area contributed by atoms with E-state index in [1.807, 2.05) is 24.3 Å². The molecule has 5 rings (SSSR count). The van der Waals surface area contributed by atoms with Gasteiger partial charge in [-0.3, -0.25) is 0 Å². The van der Waals surface area contributed by atoms with E-state index in [9.17, 15) is 12.8 Å². The van der Waals surface area contributed by atoms with Crippen LogP contribution in [0.25, 0.3) is 22.0 Å². The Morgan fingerprint density at radius 1 is 0.938 bits per heavy atom. The first-order valence-corrected chi connectivity index (χ1v) is 12.7. The molecule has 0 spiro atoms. The molecule has 2 aromatic heterocycles. The predicted octanol–water partition coefficient (Wildman–Crippen LogP) is 5.11. The van der Waals surface area contributed by atoms with Gasteiger partial charge in [0.05, 0.1) is 5.75 Å². The molecule has 32 heavy (non-hydrogen) atoms. The molecule has 164 valence electrons. The number of hydrogen-bond donors (Lipinski definition) is 0. The lowest BCUT2D eigenvalue weighted by molar-refractivity contribution is 0.397. The van der Waals surface area contributed by atoms with Crippen LogP contribution in [0, 0.1) is 5.82 Å². The normalized spacial score (nSPS) is 14.9. The van der Waals surface area contributed by atoms with E-state index < -0.39 is 10.0 Å². The van der Waals surface area contributed by atoms with Crippen molar-refractivity contribution >= 4 is 32.6 Å². The van der Waals surface area contributed by atoms with Crippen LogP contribution in [-0.2, 0) is 15.8 Å². The molecule has 0 amide bonds. The summed E-state index contributed by atoms with van der Waals surface area (Å²) in [6, 6.07) is 17.2. The van der Waals surface area contributed by atoms with Gasteiger partial charge >= 0.3 is 0 Å². The summed E-state index contributed by atoms with van der Waals surface area (Å²) in [6.07, 6.45) is 1.75. The Kier molecular flexibility index (Phi) is 5.71. The molecule has 1 saturated heterocycles. The van der Waals surface area contributed by atoms with Gasteiger partial charge in [0, 0.05) is 29.4 Å². The fraction of sp³-hybridized carbons (Fsp3) is 0.217. The zero-order valence-electron chi connectivity index (χ0n) is 17.1. The molecular formula is C23H20FN3O3S2. The van der Waals surface area contributed by atoms with Crippen LogP contribution >= 0.6 is 11.8 Å². The average molecular weight is 470 g/mol. The lowest BCUT2D eigenvalue weighted by Crippen LogP contribution is -2.27. The molecule has 0 unspecified atom stereocenters. The van der Waals surface area contributed by atoms with E-state index in [4.69, 9.17) is 4.42 Å². The topological polar surface area (TPSA) is 76.3 Å². The zero-order chi connectivity index (χ0) is 22.1. The first-order valence-electron chi connectivity index (χ1n) is 10.3. The number of nitrogens with zero attached hydrogens (tertiary/aromatic N) is 3. The maximum Gasteiger partial charge on any atom is 0.276 e. The van der Waals surface area contributed by atoms with Crippen molar-refractivity contribution in [2.24, 2.45) is 0 Å². The fourth-order valence-electron chi connectivity index (χ4n) is 3.78. The van der Waals surface area contributed by atoms with Gasteiger partial charge in [0.15, 0.2) is 0 Å². The molecule has 1 aliphatic heterocycles. The van der Waals surface area contributed by atoms with E-state index in [-0.39, 0.29) is 10.9 Å². The molecule has 0 aliphatic carbocycles. The van der Waals surface area contributed by atoms with Crippen LogP contribution in [-0.4, -0.2) is 36.0 Å². The van der Waals surface area contributed by atoms with Crippen LogP contribution in [0.15, 0.2) is 75.2 Å². The van der Waals surface area contributed by atoms with E-state index in [1.54, 1.807) is 18.2 Å². The van der Waals surface area contributed by atoms with Crippen LogP contribution in [0.1, 0.15) is 18.6 Å². The molecule has 0 radical (unpaired) electrons. The average Bonchev–Trinajstić information content (AvgIpc) is 3.51. The van der Waals surface area contributed by atoms with E-state index in [0.717, 1.165) is 29.2 Å². The van der Waals surface area contributed by atoms with Crippen LogP contribution < -0.4 is 0 Å². The lowest BCUT2D eigenvalue weighted by Gasteiger charge is -2.12. The number of sulfonamides is 1. The summed E-state index contributed by atoms with van der Waals surface area (Å²) in [5.41, 5.74) is 1.47. The second-order valence-electron chi connectivity index (χ2n) is 7.53. The van der Waals surface area contributed by atoms with Crippen LogP contribution in [0.4, 0.5) is 4.39 Å². The van der Waals surface area contributed by atoms with Crippen molar-refractivity contribution in [1.82, 2.24) is 14.5 Å². The summed E-state index contributed by atoms with van der Waals surface area (Å²) < 4.78 is 45.8. The maximum atomic E-state index is 13.3. The van der Waals surface area contributed by atoms with Crippen LogP contribution in [0.5, 0.6) is 0 Å². The molecule has 0 N–H and O–H groups in total. The first kappa shape index (κ1) is 21.1. The maximum absolute atomic E-state index is 13.3. The Bertz CT molecular complexity index is 1370. The van der Waals surface area contributed by atoms with Gasteiger partial charge in [0.25, 0.3) is 10.0 Å². The fourth-order valence-corrected chi connectivity index (χ4v) is 6.09. The van der Waals surface area contributed by atoms with Crippen molar-refractivity contribution in [2.75, 3.05) is 13.1 Å².